The van der Waals surface area contributed by atoms with Gasteiger partial charge in [0.2, 0.25) is 0 Å². The highest BCUT2D eigenvalue weighted by Crippen LogP contribution is 2.25. The molecular weight excluding hydrogens is 340 g/mol. The zero-order valence-electron chi connectivity index (χ0n) is 16.5. The summed E-state index contributed by atoms with van der Waals surface area (Å²) in [6.07, 6.45) is 0. The van der Waals surface area contributed by atoms with Gasteiger partial charge in [0.15, 0.2) is 6.61 Å². The van der Waals surface area contributed by atoms with Gasteiger partial charge < -0.3 is 15.0 Å². The van der Waals surface area contributed by atoms with E-state index >= 15 is 0 Å². The Hall–Kier alpha value is -2.82. The van der Waals surface area contributed by atoms with Crippen molar-refractivity contribution < 1.29 is 14.3 Å². The maximum Gasteiger partial charge on any atom is 0.262 e. The predicted molar refractivity (Wildman–Crippen MR) is 108 cm³/mol. The quantitative estimate of drug-likeness (QED) is 0.755. The molecule has 1 N–H and O–H groups in total. The van der Waals surface area contributed by atoms with Crippen molar-refractivity contribution in [2.45, 2.75) is 33.6 Å². The first-order valence-corrected chi connectivity index (χ1v) is 9.37. The lowest BCUT2D eigenvalue weighted by atomic mass is 10.0. The molecule has 0 aliphatic carbocycles. The van der Waals surface area contributed by atoms with E-state index in [1.54, 1.807) is 29.2 Å². The molecule has 0 atom stereocenters. The summed E-state index contributed by atoms with van der Waals surface area (Å²) in [5, 5.41) is 2.80. The molecule has 0 spiro atoms. The molecule has 0 fully saturated rings. The van der Waals surface area contributed by atoms with E-state index in [0.29, 0.717) is 30.3 Å². The standard InChI is InChI=1S/C22H28N2O3/c1-5-24(6-2)22(26)17-11-13-18(14-12-17)23-21(25)15-27-20-10-8-7-9-19(20)16(3)4/h7-14,16H,5-6,15H2,1-4H3,(H,23,25). The Morgan fingerprint density at radius 3 is 2.22 bits per heavy atom. The van der Waals surface area contributed by atoms with E-state index in [1.165, 1.54) is 0 Å². The zero-order valence-corrected chi connectivity index (χ0v) is 16.5. The van der Waals surface area contributed by atoms with Crippen molar-refractivity contribution in [2.75, 3.05) is 25.0 Å². The lowest BCUT2D eigenvalue weighted by Crippen LogP contribution is -2.30. The van der Waals surface area contributed by atoms with E-state index in [0.717, 1.165) is 11.3 Å². The van der Waals surface area contributed by atoms with Gasteiger partial charge >= 0.3 is 0 Å². The Morgan fingerprint density at radius 2 is 1.63 bits per heavy atom. The number of anilines is 1. The molecule has 0 unspecified atom stereocenters. The van der Waals surface area contributed by atoms with Crippen LogP contribution >= 0.6 is 0 Å². The Kier molecular flexibility index (Phi) is 7.41. The number of ether oxygens (including phenoxy) is 1. The van der Waals surface area contributed by atoms with Crippen molar-refractivity contribution in [1.29, 1.82) is 0 Å². The molecule has 0 aromatic heterocycles. The largest absolute Gasteiger partial charge is 0.483 e. The van der Waals surface area contributed by atoms with Crippen LogP contribution < -0.4 is 10.1 Å². The maximum atomic E-state index is 12.3. The molecule has 0 saturated heterocycles. The molecular formula is C22H28N2O3. The van der Waals surface area contributed by atoms with Crippen molar-refractivity contribution in [3.05, 3.63) is 59.7 Å². The van der Waals surface area contributed by atoms with Gasteiger partial charge in [-0.1, -0.05) is 32.0 Å². The van der Waals surface area contributed by atoms with Crippen molar-refractivity contribution >= 4 is 17.5 Å². The number of rotatable bonds is 8. The van der Waals surface area contributed by atoms with Crippen LogP contribution in [-0.2, 0) is 4.79 Å². The van der Waals surface area contributed by atoms with Crippen LogP contribution in [0.1, 0.15) is 49.5 Å². The average molecular weight is 368 g/mol. The van der Waals surface area contributed by atoms with Gasteiger partial charge in [-0.3, -0.25) is 9.59 Å². The highest BCUT2D eigenvalue weighted by Gasteiger charge is 2.13. The molecule has 0 saturated carbocycles. The van der Waals surface area contributed by atoms with E-state index in [9.17, 15) is 9.59 Å². The number of carbonyl (C=O) groups excluding carboxylic acids is 2. The Bertz CT molecular complexity index is 765. The second kappa shape index (κ2) is 9.76. The van der Waals surface area contributed by atoms with Crippen LogP contribution in [0.25, 0.3) is 0 Å². The van der Waals surface area contributed by atoms with Crippen LogP contribution in [-0.4, -0.2) is 36.4 Å². The van der Waals surface area contributed by atoms with Gasteiger partial charge in [0.1, 0.15) is 5.75 Å². The van der Waals surface area contributed by atoms with Crippen molar-refractivity contribution in [3.8, 4) is 5.75 Å². The van der Waals surface area contributed by atoms with E-state index in [2.05, 4.69) is 19.2 Å². The van der Waals surface area contributed by atoms with Crippen LogP contribution in [0.5, 0.6) is 5.75 Å². The maximum absolute atomic E-state index is 12.3. The summed E-state index contributed by atoms with van der Waals surface area (Å²) in [6, 6.07) is 14.7. The SMILES string of the molecule is CCN(CC)C(=O)c1ccc(NC(=O)COc2ccccc2C(C)C)cc1. The topological polar surface area (TPSA) is 58.6 Å². The Morgan fingerprint density at radius 1 is 1.00 bits per heavy atom. The summed E-state index contributed by atoms with van der Waals surface area (Å²) in [6.45, 7) is 9.35. The summed E-state index contributed by atoms with van der Waals surface area (Å²) in [7, 11) is 0. The van der Waals surface area contributed by atoms with Gasteiger partial charge in [-0.05, 0) is 55.7 Å². The van der Waals surface area contributed by atoms with Crippen molar-refractivity contribution in [2.24, 2.45) is 0 Å². The van der Waals surface area contributed by atoms with E-state index in [1.807, 2.05) is 38.1 Å². The van der Waals surface area contributed by atoms with E-state index in [4.69, 9.17) is 4.74 Å². The molecule has 0 aliphatic heterocycles. The van der Waals surface area contributed by atoms with Crippen LogP contribution in [0.3, 0.4) is 0 Å². The Balaban J connectivity index is 1.94. The van der Waals surface area contributed by atoms with Crippen LogP contribution in [0, 0.1) is 0 Å². The fourth-order valence-electron chi connectivity index (χ4n) is 2.82. The first-order chi connectivity index (χ1) is 13.0. The summed E-state index contributed by atoms with van der Waals surface area (Å²) in [4.78, 5) is 26.2. The third-order valence-corrected chi connectivity index (χ3v) is 4.37. The van der Waals surface area contributed by atoms with Gasteiger partial charge in [-0.25, -0.2) is 0 Å². The van der Waals surface area contributed by atoms with Crippen LogP contribution in [0.4, 0.5) is 5.69 Å². The second-order valence-corrected chi connectivity index (χ2v) is 6.58. The summed E-state index contributed by atoms with van der Waals surface area (Å²) in [5.74, 6) is 0.797. The summed E-state index contributed by atoms with van der Waals surface area (Å²) >= 11 is 0. The molecule has 0 heterocycles. The molecule has 2 amide bonds. The second-order valence-electron chi connectivity index (χ2n) is 6.58. The fraction of sp³-hybridized carbons (Fsp3) is 0.364. The summed E-state index contributed by atoms with van der Waals surface area (Å²) in [5.41, 5.74) is 2.32. The molecule has 5 heteroatoms. The number of hydrogen-bond donors (Lipinski definition) is 1. The van der Waals surface area contributed by atoms with Crippen LogP contribution in [0.2, 0.25) is 0 Å². The number of carbonyl (C=O) groups is 2. The first kappa shape index (κ1) is 20.5. The Labute approximate surface area is 161 Å². The minimum absolute atomic E-state index is 0.00787. The van der Waals surface area contributed by atoms with E-state index < -0.39 is 0 Å². The van der Waals surface area contributed by atoms with Crippen LogP contribution in [0.15, 0.2) is 48.5 Å². The fourth-order valence-corrected chi connectivity index (χ4v) is 2.82. The lowest BCUT2D eigenvalue weighted by molar-refractivity contribution is -0.118. The molecule has 144 valence electrons. The number of benzene rings is 2. The molecule has 2 aromatic carbocycles. The first-order valence-electron chi connectivity index (χ1n) is 9.37. The molecule has 0 radical (unpaired) electrons. The lowest BCUT2D eigenvalue weighted by Gasteiger charge is -2.18. The smallest absolute Gasteiger partial charge is 0.262 e. The number of nitrogens with one attached hydrogen (secondary N) is 1. The molecule has 27 heavy (non-hydrogen) atoms. The van der Waals surface area contributed by atoms with Crippen molar-refractivity contribution in [3.63, 3.8) is 0 Å². The van der Waals surface area contributed by atoms with Gasteiger partial charge in [-0.2, -0.15) is 0 Å². The number of para-hydroxylation sites is 1. The number of nitrogens with zero attached hydrogens (tertiary/aromatic N) is 1. The monoisotopic (exact) mass is 368 g/mol. The van der Waals surface area contributed by atoms with Gasteiger partial charge in [-0.15, -0.1) is 0 Å². The minimum atomic E-state index is -0.239. The minimum Gasteiger partial charge on any atom is -0.483 e. The highest BCUT2D eigenvalue weighted by atomic mass is 16.5. The summed E-state index contributed by atoms with van der Waals surface area (Å²) < 4.78 is 5.68. The van der Waals surface area contributed by atoms with Crippen molar-refractivity contribution in [1.82, 2.24) is 4.90 Å². The third-order valence-electron chi connectivity index (χ3n) is 4.37. The number of hydrogen-bond acceptors (Lipinski definition) is 3. The van der Waals surface area contributed by atoms with E-state index in [-0.39, 0.29) is 18.4 Å². The average Bonchev–Trinajstić information content (AvgIpc) is 2.68. The predicted octanol–water partition coefficient (Wildman–Crippen LogP) is 4.31. The molecule has 0 bridgehead atoms. The third kappa shape index (κ3) is 5.58. The zero-order chi connectivity index (χ0) is 19.8. The normalized spacial score (nSPS) is 10.6. The molecule has 2 rings (SSSR count). The van der Waals surface area contributed by atoms with Gasteiger partial charge in [0.05, 0.1) is 0 Å². The highest BCUT2D eigenvalue weighted by molar-refractivity contribution is 5.96. The van der Waals surface area contributed by atoms with Gasteiger partial charge in [0.25, 0.3) is 11.8 Å². The molecule has 2 aromatic rings. The molecule has 0 aliphatic rings. The number of amides is 2. The molecule has 5 nitrogen and oxygen atoms in total. The van der Waals surface area contributed by atoms with Gasteiger partial charge in [0, 0.05) is 24.3 Å².